The van der Waals surface area contributed by atoms with Crippen molar-refractivity contribution in [3.05, 3.63) is 60.7 Å². The van der Waals surface area contributed by atoms with Gasteiger partial charge in [0.05, 0.1) is 12.6 Å². The standard InChI is InChI=1S/C12H10.C9H15N3O/c1-3-7-11(8-4-1)12-9-5-2-6-10-12;13-8-2-1-7-5-11-4-3-10-9(11)12(7)6-8/h1-10H;7-8,13H,1-6H2. The van der Waals surface area contributed by atoms with Crippen LogP contribution in [0.4, 0.5) is 0 Å². The Labute approximate surface area is 149 Å². The predicted molar refractivity (Wildman–Crippen MR) is 101 cm³/mol. The van der Waals surface area contributed by atoms with Gasteiger partial charge < -0.3 is 14.9 Å². The zero-order valence-corrected chi connectivity index (χ0v) is 14.5. The number of hydrogen-bond acceptors (Lipinski definition) is 4. The van der Waals surface area contributed by atoms with E-state index in [9.17, 15) is 5.11 Å². The third kappa shape index (κ3) is 3.54. The molecule has 3 aliphatic rings. The number of aliphatic hydroxyl groups excluding tert-OH is 1. The maximum absolute atomic E-state index is 9.56. The van der Waals surface area contributed by atoms with E-state index in [2.05, 4.69) is 63.3 Å². The topological polar surface area (TPSA) is 39.1 Å². The Bertz CT molecular complexity index is 679. The second-order valence-corrected chi connectivity index (χ2v) is 6.90. The number of aliphatic imine (C=N–C) groups is 1. The van der Waals surface area contributed by atoms with Crippen LogP contribution in [0.5, 0.6) is 0 Å². The van der Waals surface area contributed by atoms with Crippen LogP contribution in [0.3, 0.4) is 0 Å². The number of rotatable bonds is 1. The van der Waals surface area contributed by atoms with E-state index in [1.165, 1.54) is 11.1 Å². The highest BCUT2D eigenvalue weighted by Gasteiger charge is 2.40. The quantitative estimate of drug-likeness (QED) is 0.871. The third-order valence-corrected chi connectivity index (χ3v) is 5.16. The summed E-state index contributed by atoms with van der Waals surface area (Å²) in [5, 5.41) is 9.56. The summed E-state index contributed by atoms with van der Waals surface area (Å²) in [4.78, 5) is 9.12. The summed E-state index contributed by atoms with van der Waals surface area (Å²) < 4.78 is 0. The van der Waals surface area contributed by atoms with E-state index in [1.807, 2.05) is 12.1 Å². The van der Waals surface area contributed by atoms with Gasteiger partial charge in [-0.15, -0.1) is 0 Å². The van der Waals surface area contributed by atoms with Gasteiger partial charge in [0.1, 0.15) is 0 Å². The first-order chi connectivity index (χ1) is 12.3. The zero-order chi connectivity index (χ0) is 17.1. The molecule has 0 spiro atoms. The molecule has 25 heavy (non-hydrogen) atoms. The van der Waals surface area contributed by atoms with Crippen molar-refractivity contribution in [1.82, 2.24) is 9.80 Å². The van der Waals surface area contributed by atoms with Crippen molar-refractivity contribution in [2.75, 3.05) is 26.2 Å². The Kier molecular flexibility index (Phi) is 4.70. The molecule has 5 rings (SSSR count). The SMILES string of the molecule is OC1CCC2CN3CCN=C3N2C1.c1ccc(-c2ccccc2)cc1. The summed E-state index contributed by atoms with van der Waals surface area (Å²) in [5.74, 6) is 1.14. The predicted octanol–water partition coefficient (Wildman–Crippen LogP) is 2.85. The molecule has 0 aliphatic carbocycles. The average Bonchev–Trinajstić information content (AvgIpc) is 3.25. The maximum Gasteiger partial charge on any atom is 0.197 e. The fraction of sp³-hybridized carbons (Fsp3) is 0.381. The summed E-state index contributed by atoms with van der Waals surface area (Å²) >= 11 is 0. The van der Waals surface area contributed by atoms with Gasteiger partial charge in [0.2, 0.25) is 0 Å². The number of hydrogen-bond donors (Lipinski definition) is 1. The van der Waals surface area contributed by atoms with E-state index in [4.69, 9.17) is 0 Å². The minimum absolute atomic E-state index is 0.139. The third-order valence-electron chi connectivity index (χ3n) is 5.16. The number of benzene rings is 2. The van der Waals surface area contributed by atoms with Gasteiger partial charge in [0.15, 0.2) is 5.96 Å². The number of piperidine rings is 1. The van der Waals surface area contributed by atoms with Gasteiger partial charge in [-0.25, -0.2) is 0 Å². The first kappa shape index (κ1) is 16.2. The van der Waals surface area contributed by atoms with Crippen LogP contribution in [0, 0.1) is 0 Å². The molecule has 3 aliphatic heterocycles. The number of nitrogens with zero attached hydrogens (tertiary/aromatic N) is 3. The molecule has 2 atom stereocenters. The van der Waals surface area contributed by atoms with Gasteiger partial charge in [-0.05, 0) is 24.0 Å². The lowest BCUT2D eigenvalue weighted by molar-refractivity contribution is 0.0837. The van der Waals surface area contributed by atoms with E-state index in [0.717, 1.165) is 45.0 Å². The van der Waals surface area contributed by atoms with Crippen molar-refractivity contribution < 1.29 is 5.11 Å². The molecule has 0 amide bonds. The highest BCUT2D eigenvalue weighted by molar-refractivity contribution is 5.84. The molecule has 4 heteroatoms. The van der Waals surface area contributed by atoms with Crippen LogP contribution in [0.25, 0.3) is 11.1 Å². The van der Waals surface area contributed by atoms with Gasteiger partial charge in [-0.2, -0.15) is 0 Å². The molecular formula is C21H25N3O. The fourth-order valence-corrected chi connectivity index (χ4v) is 3.87. The molecule has 2 aromatic carbocycles. The Morgan fingerprint density at radius 3 is 2.12 bits per heavy atom. The Morgan fingerprint density at radius 1 is 0.840 bits per heavy atom. The largest absolute Gasteiger partial charge is 0.391 e. The molecule has 0 saturated carbocycles. The van der Waals surface area contributed by atoms with Gasteiger partial charge in [0.25, 0.3) is 0 Å². The van der Waals surface area contributed by atoms with Gasteiger partial charge >= 0.3 is 0 Å². The smallest absolute Gasteiger partial charge is 0.197 e. The van der Waals surface area contributed by atoms with Crippen LogP contribution in [-0.4, -0.2) is 59.2 Å². The Morgan fingerprint density at radius 2 is 1.48 bits per heavy atom. The van der Waals surface area contributed by atoms with Gasteiger partial charge in [-0.3, -0.25) is 4.99 Å². The summed E-state index contributed by atoms with van der Waals surface area (Å²) in [7, 11) is 0. The van der Waals surface area contributed by atoms with E-state index in [1.54, 1.807) is 0 Å². The van der Waals surface area contributed by atoms with E-state index >= 15 is 0 Å². The maximum atomic E-state index is 9.56. The highest BCUT2D eigenvalue weighted by Crippen LogP contribution is 2.27. The first-order valence-corrected chi connectivity index (χ1v) is 9.16. The molecule has 2 aromatic rings. The van der Waals surface area contributed by atoms with E-state index in [0.29, 0.717) is 6.04 Å². The van der Waals surface area contributed by atoms with Crippen molar-refractivity contribution in [1.29, 1.82) is 0 Å². The average molecular weight is 335 g/mol. The van der Waals surface area contributed by atoms with Crippen LogP contribution in [0.1, 0.15) is 12.8 Å². The fourth-order valence-electron chi connectivity index (χ4n) is 3.87. The van der Waals surface area contributed by atoms with Crippen LogP contribution >= 0.6 is 0 Å². The van der Waals surface area contributed by atoms with Crippen molar-refractivity contribution in [3.8, 4) is 11.1 Å². The van der Waals surface area contributed by atoms with Crippen LogP contribution in [-0.2, 0) is 0 Å². The molecule has 0 radical (unpaired) electrons. The highest BCUT2D eigenvalue weighted by atomic mass is 16.3. The Hall–Kier alpha value is -2.33. The zero-order valence-electron chi connectivity index (χ0n) is 14.5. The molecule has 3 heterocycles. The van der Waals surface area contributed by atoms with Crippen LogP contribution < -0.4 is 0 Å². The van der Waals surface area contributed by atoms with Crippen molar-refractivity contribution in [2.45, 2.75) is 25.0 Å². The summed E-state index contributed by atoms with van der Waals surface area (Å²) in [6.07, 6.45) is 1.94. The second-order valence-electron chi connectivity index (χ2n) is 6.90. The molecule has 0 aromatic heterocycles. The lowest BCUT2D eigenvalue weighted by Gasteiger charge is -2.32. The first-order valence-electron chi connectivity index (χ1n) is 9.16. The Balaban J connectivity index is 0.000000126. The lowest BCUT2D eigenvalue weighted by Crippen LogP contribution is -2.44. The minimum atomic E-state index is -0.139. The number of guanidine groups is 1. The summed E-state index contributed by atoms with van der Waals surface area (Å²) in [6.45, 7) is 3.94. The van der Waals surface area contributed by atoms with Crippen molar-refractivity contribution in [2.24, 2.45) is 4.99 Å². The number of fused-ring (bicyclic) bond motifs is 3. The van der Waals surface area contributed by atoms with E-state index < -0.39 is 0 Å². The molecule has 130 valence electrons. The lowest BCUT2D eigenvalue weighted by atomic mass is 10.0. The molecule has 2 saturated heterocycles. The van der Waals surface area contributed by atoms with E-state index in [-0.39, 0.29) is 6.10 Å². The van der Waals surface area contributed by atoms with Crippen LogP contribution in [0.2, 0.25) is 0 Å². The molecule has 4 nitrogen and oxygen atoms in total. The van der Waals surface area contributed by atoms with Crippen LogP contribution in [0.15, 0.2) is 65.7 Å². The van der Waals surface area contributed by atoms with Crippen molar-refractivity contribution >= 4 is 5.96 Å². The normalized spacial score (nSPS) is 24.1. The molecule has 2 fully saturated rings. The number of aliphatic hydroxyl groups is 1. The molecule has 0 bridgehead atoms. The monoisotopic (exact) mass is 335 g/mol. The summed E-state index contributed by atoms with van der Waals surface area (Å²) in [6, 6.07) is 21.4. The minimum Gasteiger partial charge on any atom is -0.391 e. The summed E-state index contributed by atoms with van der Waals surface area (Å²) in [5.41, 5.74) is 2.55. The second kappa shape index (κ2) is 7.28. The molecule has 1 N–H and O–H groups in total. The van der Waals surface area contributed by atoms with Crippen molar-refractivity contribution in [3.63, 3.8) is 0 Å². The van der Waals surface area contributed by atoms with Gasteiger partial charge in [0, 0.05) is 25.7 Å². The molecule has 2 unspecified atom stereocenters. The van der Waals surface area contributed by atoms with Gasteiger partial charge in [-0.1, -0.05) is 60.7 Å². The molecular weight excluding hydrogens is 310 g/mol.